The molecule has 2 aromatic rings. The number of nitrogens with two attached hydrogens (primary N) is 1. The molecule has 0 aliphatic heterocycles. The molecule has 0 amide bonds. The van der Waals surface area contributed by atoms with Crippen molar-refractivity contribution >= 4 is 11.0 Å². The van der Waals surface area contributed by atoms with Crippen molar-refractivity contribution in [2.75, 3.05) is 6.61 Å². The van der Waals surface area contributed by atoms with Crippen molar-refractivity contribution in [1.29, 1.82) is 0 Å². The summed E-state index contributed by atoms with van der Waals surface area (Å²) in [6, 6.07) is 5.89. The van der Waals surface area contributed by atoms with Crippen molar-refractivity contribution in [3.05, 3.63) is 29.5 Å². The molecular weight excluding hydrogens is 202 g/mol. The van der Waals surface area contributed by atoms with Crippen molar-refractivity contribution < 1.29 is 9.15 Å². The van der Waals surface area contributed by atoms with Gasteiger partial charge in [-0.1, -0.05) is 6.92 Å². The second-order valence-corrected chi connectivity index (χ2v) is 3.86. The van der Waals surface area contributed by atoms with Gasteiger partial charge in [0, 0.05) is 5.39 Å². The SMILES string of the molecule is CCCOc1ccc2oc(CN)c(C)c2c1. The van der Waals surface area contributed by atoms with Crippen LogP contribution in [0, 0.1) is 6.92 Å². The van der Waals surface area contributed by atoms with E-state index in [0.29, 0.717) is 6.54 Å². The van der Waals surface area contributed by atoms with Gasteiger partial charge in [0.05, 0.1) is 13.2 Å². The van der Waals surface area contributed by atoms with Gasteiger partial charge in [-0.2, -0.15) is 0 Å². The summed E-state index contributed by atoms with van der Waals surface area (Å²) in [4.78, 5) is 0. The van der Waals surface area contributed by atoms with Crippen LogP contribution in [0.4, 0.5) is 0 Å². The lowest BCUT2D eigenvalue weighted by atomic mass is 10.1. The molecule has 0 fully saturated rings. The van der Waals surface area contributed by atoms with Gasteiger partial charge in [0.25, 0.3) is 0 Å². The number of hydrogen-bond acceptors (Lipinski definition) is 3. The Morgan fingerprint density at radius 2 is 2.19 bits per heavy atom. The Hall–Kier alpha value is -1.48. The maximum atomic E-state index is 5.63. The molecule has 0 unspecified atom stereocenters. The van der Waals surface area contributed by atoms with Gasteiger partial charge in [0.2, 0.25) is 0 Å². The van der Waals surface area contributed by atoms with Crippen LogP contribution in [0.2, 0.25) is 0 Å². The summed E-state index contributed by atoms with van der Waals surface area (Å²) in [5.41, 5.74) is 7.60. The van der Waals surface area contributed by atoms with E-state index in [-0.39, 0.29) is 0 Å². The van der Waals surface area contributed by atoms with Gasteiger partial charge in [-0.25, -0.2) is 0 Å². The van der Waals surface area contributed by atoms with Crippen molar-refractivity contribution in [2.24, 2.45) is 5.73 Å². The highest BCUT2D eigenvalue weighted by molar-refractivity contribution is 5.83. The summed E-state index contributed by atoms with van der Waals surface area (Å²) in [6.45, 7) is 5.30. The maximum absolute atomic E-state index is 5.63. The fourth-order valence-corrected chi connectivity index (χ4v) is 1.76. The predicted molar refractivity (Wildman–Crippen MR) is 64.6 cm³/mol. The summed E-state index contributed by atoms with van der Waals surface area (Å²) >= 11 is 0. The third-order valence-electron chi connectivity index (χ3n) is 2.66. The van der Waals surface area contributed by atoms with Crippen LogP contribution in [0.15, 0.2) is 22.6 Å². The van der Waals surface area contributed by atoms with Crippen molar-refractivity contribution in [2.45, 2.75) is 26.8 Å². The van der Waals surface area contributed by atoms with E-state index in [1.54, 1.807) is 0 Å². The first-order chi connectivity index (χ1) is 7.76. The number of fused-ring (bicyclic) bond motifs is 1. The van der Waals surface area contributed by atoms with Gasteiger partial charge < -0.3 is 14.9 Å². The second kappa shape index (κ2) is 4.58. The summed E-state index contributed by atoms with van der Waals surface area (Å²) in [5.74, 6) is 1.74. The molecule has 0 saturated carbocycles. The molecule has 2 N–H and O–H groups in total. The molecule has 2 rings (SSSR count). The standard InChI is InChI=1S/C13H17NO2/c1-3-6-15-10-4-5-12-11(7-10)9(2)13(8-14)16-12/h4-5,7H,3,6,8,14H2,1-2H3. The van der Waals surface area contributed by atoms with E-state index < -0.39 is 0 Å². The highest BCUT2D eigenvalue weighted by Crippen LogP contribution is 2.28. The van der Waals surface area contributed by atoms with Gasteiger partial charge in [-0.15, -0.1) is 0 Å². The average Bonchev–Trinajstić information content (AvgIpc) is 2.63. The molecule has 0 bridgehead atoms. The molecule has 0 saturated heterocycles. The monoisotopic (exact) mass is 219 g/mol. The van der Waals surface area contributed by atoms with Crippen LogP contribution in [-0.4, -0.2) is 6.61 Å². The number of rotatable bonds is 4. The first-order valence-corrected chi connectivity index (χ1v) is 5.61. The van der Waals surface area contributed by atoms with Crippen LogP contribution in [0.3, 0.4) is 0 Å². The highest BCUT2D eigenvalue weighted by atomic mass is 16.5. The fraction of sp³-hybridized carbons (Fsp3) is 0.385. The number of benzene rings is 1. The van der Waals surface area contributed by atoms with Crippen molar-refractivity contribution in [1.82, 2.24) is 0 Å². The lowest BCUT2D eigenvalue weighted by Crippen LogP contribution is -1.95. The zero-order valence-corrected chi connectivity index (χ0v) is 9.75. The molecule has 3 nitrogen and oxygen atoms in total. The minimum absolute atomic E-state index is 0.436. The van der Waals surface area contributed by atoms with Crippen LogP contribution >= 0.6 is 0 Å². The molecule has 3 heteroatoms. The Labute approximate surface area is 95.2 Å². The number of furan rings is 1. The van der Waals surface area contributed by atoms with E-state index in [9.17, 15) is 0 Å². The van der Waals surface area contributed by atoms with E-state index in [1.165, 1.54) is 0 Å². The van der Waals surface area contributed by atoms with E-state index in [2.05, 4.69) is 6.92 Å². The molecule has 0 atom stereocenters. The van der Waals surface area contributed by atoms with E-state index in [4.69, 9.17) is 14.9 Å². The Bertz CT molecular complexity index is 488. The number of hydrogen-bond donors (Lipinski definition) is 1. The molecule has 16 heavy (non-hydrogen) atoms. The molecule has 1 heterocycles. The minimum Gasteiger partial charge on any atom is -0.494 e. The first-order valence-electron chi connectivity index (χ1n) is 5.61. The highest BCUT2D eigenvalue weighted by Gasteiger charge is 2.09. The minimum atomic E-state index is 0.436. The Balaban J connectivity index is 2.40. The fourth-order valence-electron chi connectivity index (χ4n) is 1.76. The number of aryl methyl sites for hydroxylation is 1. The normalized spacial score (nSPS) is 10.9. The Morgan fingerprint density at radius 3 is 2.88 bits per heavy atom. The van der Waals surface area contributed by atoms with E-state index in [1.807, 2.05) is 25.1 Å². The molecule has 1 aromatic carbocycles. The summed E-state index contributed by atoms with van der Waals surface area (Å²) in [7, 11) is 0. The Kier molecular flexibility index (Phi) is 3.15. The summed E-state index contributed by atoms with van der Waals surface area (Å²) < 4.78 is 11.2. The third kappa shape index (κ3) is 1.91. The third-order valence-corrected chi connectivity index (χ3v) is 2.66. The van der Waals surface area contributed by atoms with Gasteiger partial charge in [-0.05, 0) is 37.1 Å². The van der Waals surface area contributed by atoms with Crippen LogP contribution < -0.4 is 10.5 Å². The second-order valence-electron chi connectivity index (χ2n) is 3.86. The summed E-state index contributed by atoms with van der Waals surface area (Å²) in [5, 5.41) is 1.09. The molecule has 0 aliphatic carbocycles. The van der Waals surface area contributed by atoms with Gasteiger partial charge in [-0.3, -0.25) is 0 Å². The lowest BCUT2D eigenvalue weighted by Gasteiger charge is -2.03. The quantitative estimate of drug-likeness (QED) is 0.859. The maximum Gasteiger partial charge on any atom is 0.134 e. The number of ether oxygens (including phenoxy) is 1. The topological polar surface area (TPSA) is 48.4 Å². The average molecular weight is 219 g/mol. The molecule has 86 valence electrons. The first kappa shape index (κ1) is 11.0. The van der Waals surface area contributed by atoms with Crippen LogP contribution in [0.5, 0.6) is 5.75 Å². The smallest absolute Gasteiger partial charge is 0.134 e. The van der Waals surface area contributed by atoms with E-state index in [0.717, 1.165) is 41.1 Å². The predicted octanol–water partition coefficient (Wildman–Crippen LogP) is 2.99. The van der Waals surface area contributed by atoms with Crippen LogP contribution in [0.1, 0.15) is 24.7 Å². The van der Waals surface area contributed by atoms with Crippen molar-refractivity contribution in [3.63, 3.8) is 0 Å². The Morgan fingerprint density at radius 1 is 1.38 bits per heavy atom. The molecule has 0 spiro atoms. The van der Waals surface area contributed by atoms with Crippen LogP contribution in [0.25, 0.3) is 11.0 Å². The zero-order valence-electron chi connectivity index (χ0n) is 9.75. The zero-order chi connectivity index (χ0) is 11.5. The summed E-state index contributed by atoms with van der Waals surface area (Å²) in [6.07, 6.45) is 1.01. The van der Waals surface area contributed by atoms with Gasteiger partial charge in [0.1, 0.15) is 17.1 Å². The molecule has 0 radical (unpaired) electrons. The van der Waals surface area contributed by atoms with Crippen molar-refractivity contribution in [3.8, 4) is 5.75 Å². The molecule has 0 aliphatic rings. The van der Waals surface area contributed by atoms with Gasteiger partial charge in [0.15, 0.2) is 0 Å². The van der Waals surface area contributed by atoms with E-state index >= 15 is 0 Å². The largest absolute Gasteiger partial charge is 0.494 e. The van der Waals surface area contributed by atoms with Crippen LogP contribution in [-0.2, 0) is 6.54 Å². The van der Waals surface area contributed by atoms with Gasteiger partial charge >= 0.3 is 0 Å². The molecule has 1 aromatic heterocycles. The molecular formula is C13H17NO2. The lowest BCUT2D eigenvalue weighted by molar-refractivity contribution is 0.318.